The predicted molar refractivity (Wildman–Crippen MR) is 73.2 cm³/mol. The van der Waals surface area contributed by atoms with Crippen molar-refractivity contribution in [2.45, 2.75) is 32.2 Å². The van der Waals surface area contributed by atoms with E-state index in [2.05, 4.69) is 23.3 Å². The maximum absolute atomic E-state index is 6.02. The number of pyridine rings is 1. The van der Waals surface area contributed by atoms with Crippen LogP contribution in [-0.2, 0) is 4.74 Å². The average molecular weight is 249 g/mol. The van der Waals surface area contributed by atoms with E-state index < -0.39 is 0 Å². The lowest BCUT2D eigenvalue weighted by atomic mass is 9.87. The van der Waals surface area contributed by atoms with Crippen LogP contribution in [0.15, 0.2) is 18.3 Å². The van der Waals surface area contributed by atoms with Gasteiger partial charge in [0.05, 0.1) is 0 Å². The molecule has 18 heavy (non-hydrogen) atoms. The molecule has 0 amide bonds. The van der Waals surface area contributed by atoms with Crippen LogP contribution in [0.5, 0.6) is 0 Å². The molecule has 1 saturated heterocycles. The molecule has 1 atom stereocenters. The van der Waals surface area contributed by atoms with E-state index in [4.69, 9.17) is 10.5 Å². The van der Waals surface area contributed by atoms with Crippen molar-refractivity contribution in [3.63, 3.8) is 0 Å². The Hall–Kier alpha value is -1.13. The molecule has 2 rings (SSSR count). The highest BCUT2D eigenvalue weighted by molar-refractivity contribution is 5.41. The fourth-order valence-electron chi connectivity index (χ4n) is 2.57. The molecular weight excluding hydrogens is 226 g/mol. The summed E-state index contributed by atoms with van der Waals surface area (Å²) in [6.07, 6.45) is 5.06. The maximum atomic E-state index is 6.02. The molecule has 0 radical (unpaired) electrons. The maximum Gasteiger partial charge on any atom is 0.128 e. The van der Waals surface area contributed by atoms with Gasteiger partial charge in [-0.25, -0.2) is 4.98 Å². The van der Waals surface area contributed by atoms with Crippen molar-refractivity contribution in [3.8, 4) is 0 Å². The summed E-state index contributed by atoms with van der Waals surface area (Å²) in [6.45, 7) is 4.90. The number of hydrogen-bond donors (Lipinski definition) is 2. The number of nitrogen functional groups attached to an aromatic ring is 1. The van der Waals surface area contributed by atoms with Gasteiger partial charge in [0.15, 0.2) is 0 Å². The number of hydrogen-bond acceptors (Lipinski definition) is 4. The van der Waals surface area contributed by atoms with E-state index in [-0.39, 0.29) is 0 Å². The van der Waals surface area contributed by atoms with Crippen LogP contribution in [0.4, 0.5) is 5.82 Å². The van der Waals surface area contributed by atoms with E-state index in [1.54, 1.807) is 6.20 Å². The van der Waals surface area contributed by atoms with Gasteiger partial charge in [0.2, 0.25) is 0 Å². The molecule has 4 heteroatoms. The Kier molecular flexibility index (Phi) is 4.96. The molecule has 100 valence electrons. The van der Waals surface area contributed by atoms with Gasteiger partial charge >= 0.3 is 0 Å². The van der Waals surface area contributed by atoms with Crippen molar-refractivity contribution in [1.82, 2.24) is 10.3 Å². The third kappa shape index (κ3) is 3.21. The summed E-state index contributed by atoms with van der Waals surface area (Å²) in [5, 5.41) is 3.62. The number of aromatic nitrogens is 1. The number of nitrogens with zero attached hydrogens (tertiary/aromatic N) is 1. The van der Waals surface area contributed by atoms with Gasteiger partial charge in [-0.15, -0.1) is 0 Å². The molecule has 0 spiro atoms. The highest BCUT2D eigenvalue weighted by Crippen LogP contribution is 2.32. The van der Waals surface area contributed by atoms with Crippen molar-refractivity contribution < 1.29 is 4.74 Å². The molecule has 0 bridgehead atoms. The summed E-state index contributed by atoms with van der Waals surface area (Å²) in [7, 11) is 0. The zero-order valence-corrected chi connectivity index (χ0v) is 11.1. The van der Waals surface area contributed by atoms with Crippen molar-refractivity contribution in [3.05, 3.63) is 23.9 Å². The molecule has 3 N–H and O–H groups in total. The largest absolute Gasteiger partial charge is 0.383 e. The first-order chi connectivity index (χ1) is 8.83. The second-order valence-electron chi connectivity index (χ2n) is 4.86. The van der Waals surface area contributed by atoms with Crippen LogP contribution < -0.4 is 11.1 Å². The lowest BCUT2D eigenvalue weighted by Gasteiger charge is -2.31. The highest BCUT2D eigenvalue weighted by atomic mass is 16.5. The topological polar surface area (TPSA) is 60.2 Å². The van der Waals surface area contributed by atoms with Gasteiger partial charge in [-0.2, -0.15) is 0 Å². The molecule has 2 heterocycles. The molecule has 1 aliphatic heterocycles. The van der Waals surface area contributed by atoms with Crippen LogP contribution in [0.1, 0.15) is 37.8 Å². The fraction of sp³-hybridized carbons (Fsp3) is 0.643. The van der Waals surface area contributed by atoms with Gasteiger partial charge in [0.25, 0.3) is 0 Å². The lowest BCUT2D eigenvalue weighted by molar-refractivity contribution is 0.0537. The van der Waals surface area contributed by atoms with Crippen LogP contribution in [0.2, 0.25) is 0 Å². The molecule has 1 fully saturated rings. The SMILES string of the molecule is CCCNC(c1cccnc1N)C1CCOCC1. The average Bonchev–Trinajstić information content (AvgIpc) is 2.42. The van der Waals surface area contributed by atoms with Gasteiger partial charge in [-0.05, 0) is 37.8 Å². The Labute approximate surface area is 109 Å². The Morgan fingerprint density at radius 1 is 1.50 bits per heavy atom. The molecule has 0 saturated carbocycles. The first-order valence-electron chi connectivity index (χ1n) is 6.84. The number of nitrogens with one attached hydrogen (secondary N) is 1. The standard InChI is InChI=1S/C14H23N3O/c1-2-7-16-13(11-5-9-18-10-6-11)12-4-3-8-17-14(12)15/h3-4,8,11,13,16H,2,5-7,9-10H2,1H3,(H2,15,17). The van der Waals surface area contributed by atoms with Crippen molar-refractivity contribution >= 4 is 5.82 Å². The van der Waals surface area contributed by atoms with Crippen molar-refractivity contribution in [2.24, 2.45) is 5.92 Å². The molecule has 4 nitrogen and oxygen atoms in total. The van der Waals surface area contributed by atoms with Crippen LogP contribution >= 0.6 is 0 Å². The minimum Gasteiger partial charge on any atom is -0.383 e. The lowest BCUT2D eigenvalue weighted by Crippen LogP contribution is -2.33. The Morgan fingerprint density at radius 3 is 2.94 bits per heavy atom. The summed E-state index contributed by atoms with van der Waals surface area (Å²) in [6, 6.07) is 4.36. The second-order valence-corrected chi connectivity index (χ2v) is 4.86. The monoisotopic (exact) mass is 249 g/mol. The Balaban J connectivity index is 2.15. The Morgan fingerprint density at radius 2 is 2.28 bits per heavy atom. The number of nitrogens with two attached hydrogens (primary N) is 1. The summed E-state index contributed by atoms with van der Waals surface area (Å²) in [4.78, 5) is 4.21. The highest BCUT2D eigenvalue weighted by Gasteiger charge is 2.26. The first kappa shape index (κ1) is 13.3. The Bertz CT molecular complexity index is 364. The molecule has 0 aromatic carbocycles. The second kappa shape index (κ2) is 6.71. The van der Waals surface area contributed by atoms with E-state index in [9.17, 15) is 0 Å². The van der Waals surface area contributed by atoms with Crippen LogP contribution in [-0.4, -0.2) is 24.7 Å². The fourth-order valence-corrected chi connectivity index (χ4v) is 2.57. The van der Waals surface area contributed by atoms with E-state index in [1.165, 1.54) is 0 Å². The summed E-state index contributed by atoms with van der Waals surface area (Å²) >= 11 is 0. The molecule has 0 aliphatic carbocycles. The minimum atomic E-state index is 0.308. The molecular formula is C14H23N3O. The number of rotatable bonds is 5. The first-order valence-corrected chi connectivity index (χ1v) is 6.84. The van der Waals surface area contributed by atoms with Gasteiger partial charge in [-0.3, -0.25) is 0 Å². The number of ether oxygens (including phenoxy) is 1. The van der Waals surface area contributed by atoms with Gasteiger partial charge in [-0.1, -0.05) is 13.0 Å². The zero-order chi connectivity index (χ0) is 12.8. The molecule has 1 aliphatic rings. The van der Waals surface area contributed by atoms with E-state index in [0.717, 1.165) is 44.6 Å². The normalized spacial score (nSPS) is 18.7. The van der Waals surface area contributed by atoms with Gasteiger partial charge in [0.1, 0.15) is 5.82 Å². The van der Waals surface area contributed by atoms with E-state index in [0.29, 0.717) is 17.8 Å². The summed E-state index contributed by atoms with van der Waals surface area (Å²) < 4.78 is 5.45. The van der Waals surface area contributed by atoms with E-state index in [1.807, 2.05) is 6.07 Å². The van der Waals surface area contributed by atoms with E-state index >= 15 is 0 Å². The van der Waals surface area contributed by atoms with Crippen LogP contribution in [0.25, 0.3) is 0 Å². The summed E-state index contributed by atoms with van der Waals surface area (Å²) in [5.74, 6) is 1.24. The quantitative estimate of drug-likeness (QED) is 0.839. The van der Waals surface area contributed by atoms with Crippen LogP contribution in [0.3, 0.4) is 0 Å². The third-order valence-corrected chi connectivity index (χ3v) is 3.56. The van der Waals surface area contributed by atoms with Crippen LogP contribution in [0, 0.1) is 5.92 Å². The van der Waals surface area contributed by atoms with Gasteiger partial charge < -0.3 is 15.8 Å². The molecule has 1 aromatic rings. The predicted octanol–water partition coefficient (Wildman–Crippen LogP) is 2.13. The van der Waals surface area contributed by atoms with Crippen molar-refractivity contribution in [2.75, 3.05) is 25.5 Å². The molecule has 1 unspecified atom stereocenters. The number of anilines is 1. The molecule has 1 aromatic heterocycles. The van der Waals surface area contributed by atoms with Gasteiger partial charge in [0, 0.05) is 31.0 Å². The zero-order valence-electron chi connectivity index (χ0n) is 11.1. The third-order valence-electron chi connectivity index (χ3n) is 3.56. The minimum absolute atomic E-state index is 0.308. The summed E-state index contributed by atoms with van der Waals surface area (Å²) in [5.41, 5.74) is 7.15. The van der Waals surface area contributed by atoms with Crippen molar-refractivity contribution in [1.29, 1.82) is 0 Å². The smallest absolute Gasteiger partial charge is 0.128 e.